The molecule has 0 spiro atoms. The van der Waals surface area contributed by atoms with Gasteiger partial charge in [-0.1, -0.05) is 24.2 Å². The second-order valence-electron chi connectivity index (χ2n) is 7.77. The summed E-state index contributed by atoms with van der Waals surface area (Å²) in [6.07, 6.45) is 4.33. The predicted octanol–water partition coefficient (Wildman–Crippen LogP) is 3.26. The molecule has 2 aliphatic rings. The Morgan fingerprint density at radius 2 is 2.13 bits per heavy atom. The first-order valence-corrected chi connectivity index (χ1v) is 10.9. The minimum Gasteiger partial charge on any atom is -0.375 e. The molecule has 3 heterocycles. The molecule has 1 aromatic heterocycles. The molecule has 9 heteroatoms. The minimum absolute atomic E-state index is 0. The number of nitrogens with one attached hydrogen (secondary N) is 1. The Morgan fingerprint density at radius 3 is 2.90 bits per heavy atom. The molecule has 2 atom stereocenters. The molecule has 1 aromatic carbocycles. The van der Waals surface area contributed by atoms with Crippen LogP contribution in [0, 0.1) is 0 Å². The van der Waals surface area contributed by atoms with Crippen molar-refractivity contribution in [3.8, 4) is 11.5 Å². The summed E-state index contributed by atoms with van der Waals surface area (Å²) >= 11 is 0. The van der Waals surface area contributed by atoms with Gasteiger partial charge in [0.2, 0.25) is 0 Å². The van der Waals surface area contributed by atoms with Crippen molar-refractivity contribution in [1.82, 2.24) is 20.4 Å². The second-order valence-corrected chi connectivity index (χ2v) is 7.77. The third-order valence-electron chi connectivity index (χ3n) is 5.55. The van der Waals surface area contributed by atoms with Crippen molar-refractivity contribution in [3.05, 3.63) is 35.7 Å². The van der Waals surface area contributed by atoms with Crippen LogP contribution in [0.15, 0.2) is 33.8 Å². The van der Waals surface area contributed by atoms with Crippen LogP contribution >= 0.6 is 24.0 Å². The van der Waals surface area contributed by atoms with E-state index in [2.05, 4.69) is 44.4 Å². The number of hydrogen-bond donors (Lipinski definition) is 1. The zero-order valence-electron chi connectivity index (χ0n) is 18.2. The number of nitrogens with zero attached hydrogens (tertiary/aromatic N) is 4. The van der Waals surface area contributed by atoms with E-state index < -0.39 is 0 Å². The molecule has 0 aliphatic carbocycles. The molecule has 0 saturated carbocycles. The number of aryl methyl sites for hydroxylation is 1. The molecule has 2 saturated heterocycles. The summed E-state index contributed by atoms with van der Waals surface area (Å²) in [6.45, 7) is 5.93. The highest BCUT2D eigenvalue weighted by Gasteiger charge is 2.32. The Kier molecular flexibility index (Phi) is 9.09. The van der Waals surface area contributed by atoms with E-state index in [-0.39, 0.29) is 36.2 Å². The molecule has 2 aromatic rings. The van der Waals surface area contributed by atoms with E-state index >= 15 is 0 Å². The normalized spacial score (nSPS) is 21.7. The number of hydrogen-bond acceptors (Lipinski definition) is 6. The fraction of sp³-hybridized carbons (Fsp3) is 0.591. The Hall–Kier alpha value is -1.72. The van der Waals surface area contributed by atoms with Crippen molar-refractivity contribution < 1.29 is 14.0 Å². The van der Waals surface area contributed by atoms with Crippen molar-refractivity contribution in [1.29, 1.82) is 0 Å². The smallest absolute Gasteiger partial charge is 0.257 e. The maximum Gasteiger partial charge on any atom is 0.257 e. The molecule has 0 radical (unpaired) electrons. The van der Waals surface area contributed by atoms with Crippen molar-refractivity contribution in [2.24, 2.45) is 4.99 Å². The van der Waals surface area contributed by atoms with Gasteiger partial charge in [0.15, 0.2) is 11.8 Å². The minimum atomic E-state index is 0. The predicted molar refractivity (Wildman–Crippen MR) is 130 cm³/mol. The number of halogens is 1. The highest BCUT2D eigenvalue weighted by Crippen LogP contribution is 2.22. The SMILES string of the molecule is CCCc1noc(-c2cccc(CNC(=NC)N3CCOC(C4CCCO4)C3)c2)n1.I. The van der Waals surface area contributed by atoms with Crippen LogP contribution in [-0.4, -0.2) is 66.6 Å². The van der Waals surface area contributed by atoms with Gasteiger partial charge in [-0.3, -0.25) is 4.99 Å². The summed E-state index contributed by atoms with van der Waals surface area (Å²) in [6, 6.07) is 8.18. The third-order valence-corrected chi connectivity index (χ3v) is 5.55. The van der Waals surface area contributed by atoms with Crippen LogP contribution in [0.3, 0.4) is 0 Å². The first-order valence-electron chi connectivity index (χ1n) is 10.9. The lowest BCUT2D eigenvalue weighted by atomic mass is 10.1. The molecule has 170 valence electrons. The Morgan fingerprint density at radius 1 is 1.26 bits per heavy atom. The maximum absolute atomic E-state index is 5.96. The largest absolute Gasteiger partial charge is 0.375 e. The van der Waals surface area contributed by atoms with Gasteiger partial charge < -0.3 is 24.2 Å². The van der Waals surface area contributed by atoms with Gasteiger partial charge in [0, 0.05) is 45.3 Å². The number of rotatable bonds is 6. The molecular weight excluding hydrogens is 509 g/mol. The van der Waals surface area contributed by atoms with Crippen LogP contribution in [0.1, 0.15) is 37.6 Å². The molecule has 8 nitrogen and oxygen atoms in total. The Balaban J connectivity index is 0.00000272. The third kappa shape index (κ3) is 6.17. The first-order chi connectivity index (χ1) is 14.8. The topological polar surface area (TPSA) is 85.0 Å². The molecule has 2 aliphatic heterocycles. The molecular formula is C22H32IN5O3. The van der Waals surface area contributed by atoms with Gasteiger partial charge in [0.1, 0.15) is 6.10 Å². The molecule has 4 rings (SSSR count). The second kappa shape index (κ2) is 11.8. The van der Waals surface area contributed by atoms with Gasteiger partial charge in [-0.05, 0) is 37.0 Å². The number of ether oxygens (including phenoxy) is 2. The average molecular weight is 541 g/mol. The number of guanidine groups is 1. The number of morpholine rings is 1. The van der Waals surface area contributed by atoms with E-state index in [0.29, 0.717) is 19.0 Å². The Labute approximate surface area is 200 Å². The summed E-state index contributed by atoms with van der Waals surface area (Å²) in [4.78, 5) is 11.2. The van der Waals surface area contributed by atoms with Crippen molar-refractivity contribution in [2.45, 2.75) is 51.4 Å². The lowest BCUT2D eigenvalue weighted by molar-refractivity contribution is -0.0817. The highest BCUT2D eigenvalue weighted by atomic mass is 127. The van der Waals surface area contributed by atoms with Crippen LogP contribution in [0.5, 0.6) is 0 Å². The van der Waals surface area contributed by atoms with Gasteiger partial charge in [0.05, 0.1) is 12.7 Å². The van der Waals surface area contributed by atoms with Gasteiger partial charge >= 0.3 is 0 Å². The van der Waals surface area contributed by atoms with Crippen LogP contribution in [0.25, 0.3) is 11.5 Å². The monoisotopic (exact) mass is 541 g/mol. The van der Waals surface area contributed by atoms with Crippen LogP contribution in [-0.2, 0) is 22.4 Å². The number of aliphatic imine (C=N–C) groups is 1. The fourth-order valence-electron chi connectivity index (χ4n) is 4.01. The zero-order valence-corrected chi connectivity index (χ0v) is 20.6. The van der Waals surface area contributed by atoms with Crippen LogP contribution in [0.4, 0.5) is 0 Å². The van der Waals surface area contributed by atoms with E-state index in [4.69, 9.17) is 14.0 Å². The van der Waals surface area contributed by atoms with E-state index in [1.54, 1.807) is 0 Å². The molecule has 2 unspecified atom stereocenters. The van der Waals surface area contributed by atoms with Gasteiger partial charge in [-0.2, -0.15) is 4.98 Å². The van der Waals surface area contributed by atoms with Gasteiger partial charge in [-0.15, -0.1) is 24.0 Å². The molecule has 1 N–H and O–H groups in total. The molecule has 0 amide bonds. The van der Waals surface area contributed by atoms with Crippen molar-refractivity contribution in [2.75, 3.05) is 33.4 Å². The standard InChI is InChI=1S/C22H31N5O3.HI/c1-3-6-20-25-21(30-26-20)17-8-4-7-16(13-17)14-24-22(23-2)27-10-12-29-19(15-27)18-9-5-11-28-18;/h4,7-8,13,18-19H,3,5-6,9-12,14-15H2,1-2H3,(H,23,24);1H. The maximum atomic E-state index is 5.96. The lowest BCUT2D eigenvalue weighted by Crippen LogP contribution is -2.53. The van der Waals surface area contributed by atoms with Crippen molar-refractivity contribution >= 4 is 29.9 Å². The van der Waals surface area contributed by atoms with E-state index in [1.807, 2.05) is 19.2 Å². The quantitative estimate of drug-likeness (QED) is 0.342. The van der Waals surface area contributed by atoms with Gasteiger partial charge in [-0.25, -0.2) is 0 Å². The van der Waals surface area contributed by atoms with Crippen LogP contribution < -0.4 is 5.32 Å². The Bertz CT molecular complexity index is 853. The zero-order chi connectivity index (χ0) is 20.8. The first kappa shape index (κ1) is 23.9. The molecule has 2 fully saturated rings. The van der Waals surface area contributed by atoms with Gasteiger partial charge in [0.25, 0.3) is 5.89 Å². The van der Waals surface area contributed by atoms with Crippen LogP contribution in [0.2, 0.25) is 0 Å². The summed E-state index contributed by atoms with van der Waals surface area (Å²) in [5, 5.41) is 7.53. The number of benzene rings is 1. The summed E-state index contributed by atoms with van der Waals surface area (Å²) in [5.74, 6) is 2.21. The summed E-state index contributed by atoms with van der Waals surface area (Å²) in [5.41, 5.74) is 2.07. The summed E-state index contributed by atoms with van der Waals surface area (Å²) in [7, 11) is 1.82. The van der Waals surface area contributed by atoms with E-state index in [0.717, 1.165) is 68.3 Å². The lowest BCUT2D eigenvalue weighted by Gasteiger charge is -2.37. The van der Waals surface area contributed by atoms with E-state index in [9.17, 15) is 0 Å². The number of aromatic nitrogens is 2. The summed E-state index contributed by atoms with van der Waals surface area (Å²) < 4.78 is 17.2. The molecule has 0 bridgehead atoms. The highest BCUT2D eigenvalue weighted by molar-refractivity contribution is 14.0. The molecule has 31 heavy (non-hydrogen) atoms. The average Bonchev–Trinajstić information content (AvgIpc) is 3.48. The van der Waals surface area contributed by atoms with Crippen molar-refractivity contribution in [3.63, 3.8) is 0 Å². The van der Waals surface area contributed by atoms with E-state index in [1.165, 1.54) is 0 Å². The fourth-order valence-corrected chi connectivity index (χ4v) is 4.01.